The van der Waals surface area contributed by atoms with E-state index in [1.807, 2.05) is 19.1 Å². The average molecular weight is 464 g/mol. The molecule has 1 heterocycles. The van der Waals surface area contributed by atoms with Gasteiger partial charge < -0.3 is 16.4 Å². The Morgan fingerprint density at radius 2 is 1.84 bits per heavy atom. The van der Waals surface area contributed by atoms with Crippen LogP contribution in [0.4, 0.5) is 10.5 Å². The van der Waals surface area contributed by atoms with Crippen molar-refractivity contribution >= 4 is 44.9 Å². The van der Waals surface area contributed by atoms with E-state index in [0.717, 1.165) is 22.8 Å². The lowest BCUT2D eigenvalue weighted by Gasteiger charge is -2.15. The maximum atomic E-state index is 12.7. The second-order valence-corrected chi connectivity index (χ2v) is 8.76. The summed E-state index contributed by atoms with van der Waals surface area (Å²) in [4.78, 5) is 15.1. The van der Waals surface area contributed by atoms with Crippen LogP contribution in [-0.4, -0.2) is 38.6 Å². The second-order valence-electron chi connectivity index (χ2n) is 7.05. The highest BCUT2D eigenvalue weighted by molar-refractivity contribution is 7.89. The number of nitrogens with two attached hydrogens (primary N) is 1. The number of carbonyl (C=O) groups excluding carboxylic acids is 1. The van der Waals surface area contributed by atoms with Crippen LogP contribution in [0, 0.1) is 0 Å². The van der Waals surface area contributed by atoms with Crippen molar-refractivity contribution in [3.05, 3.63) is 66.5 Å². The van der Waals surface area contributed by atoms with Crippen LogP contribution in [0.1, 0.15) is 12.5 Å². The van der Waals surface area contributed by atoms with Crippen molar-refractivity contribution in [3.63, 3.8) is 0 Å². The van der Waals surface area contributed by atoms with Gasteiger partial charge in [0, 0.05) is 36.1 Å². The molecule has 8 nitrogen and oxygen atoms in total. The molecule has 0 saturated carbocycles. The molecule has 166 valence electrons. The Bertz CT molecular complexity index is 1120. The molecule has 0 radical (unpaired) electrons. The summed E-state index contributed by atoms with van der Waals surface area (Å²) in [7, 11) is -3.61. The van der Waals surface area contributed by atoms with E-state index >= 15 is 0 Å². The monoisotopic (exact) mass is 463 g/mol. The van der Waals surface area contributed by atoms with Gasteiger partial charge in [0.15, 0.2) is 0 Å². The fraction of sp³-hybridized carbons (Fsp3) is 0.238. The molecular formula is C21H26ClN5O3S. The predicted octanol–water partition coefficient (Wildman–Crippen LogP) is 2.65. The SMILES string of the molecule is CC(CNCCc1ccc(NC(N)=O)cc1)NS(=O)(=O)c1ccc2cnccc2c1.Cl. The molecule has 0 aliphatic heterocycles. The zero-order valence-corrected chi connectivity index (χ0v) is 18.7. The summed E-state index contributed by atoms with van der Waals surface area (Å²) in [6.45, 7) is 3.01. The summed E-state index contributed by atoms with van der Waals surface area (Å²) >= 11 is 0. The molecule has 3 rings (SSSR count). The molecule has 3 aromatic rings. The van der Waals surface area contributed by atoms with Crippen LogP contribution >= 0.6 is 12.4 Å². The van der Waals surface area contributed by atoms with Gasteiger partial charge in [-0.2, -0.15) is 0 Å². The minimum atomic E-state index is -3.61. The van der Waals surface area contributed by atoms with Gasteiger partial charge in [0.1, 0.15) is 0 Å². The van der Waals surface area contributed by atoms with E-state index in [9.17, 15) is 13.2 Å². The van der Waals surface area contributed by atoms with Crippen molar-refractivity contribution in [2.75, 3.05) is 18.4 Å². The van der Waals surface area contributed by atoms with Gasteiger partial charge in [-0.3, -0.25) is 4.98 Å². The fourth-order valence-electron chi connectivity index (χ4n) is 3.05. The molecule has 1 atom stereocenters. The Labute approximate surface area is 188 Å². The number of rotatable bonds is 9. The Hall–Kier alpha value is -2.72. The molecule has 0 aliphatic carbocycles. The zero-order valence-electron chi connectivity index (χ0n) is 17.0. The number of urea groups is 1. The first-order valence-electron chi connectivity index (χ1n) is 9.56. The summed E-state index contributed by atoms with van der Waals surface area (Å²) in [5.74, 6) is 0. The zero-order chi connectivity index (χ0) is 21.6. The lowest BCUT2D eigenvalue weighted by molar-refractivity contribution is 0.259. The van der Waals surface area contributed by atoms with Gasteiger partial charge in [0.2, 0.25) is 10.0 Å². The van der Waals surface area contributed by atoms with E-state index in [4.69, 9.17) is 5.73 Å². The molecule has 0 fully saturated rings. The van der Waals surface area contributed by atoms with Gasteiger partial charge in [-0.15, -0.1) is 12.4 Å². The molecule has 5 N–H and O–H groups in total. The van der Waals surface area contributed by atoms with Gasteiger partial charge in [-0.25, -0.2) is 17.9 Å². The molecule has 1 aromatic heterocycles. The molecule has 10 heteroatoms. The van der Waals surface area contributed by atoms with E-state index in [0.29, 0.717) is 18.8 Å². The maximum Gasteiger partial charge on any atom is 0.316 e. The number of anilines is 1. The molecule has 31 heavy (non-hydrogen) atoms. The van der Waals surface area contributed by atoms with Crippen LogP contribution < -0.4 is 21.1 Å². The number of halogens is 1. The highest BCUT2D eigenvalue weighted by Gasteiger charge is 2.17. The van der Waals surface area contributed by atoms with Crippen molar-refractivity contribution in [1.82, 2.24) is 15.0 Å². The van der Waals surface area contributed by atoms with Crippen LogP contribution in [0.5, 0.6) is 0 Å². The molecule has 2 amide bonds. The summed E-state index contributed by atoms with van der Waals surface area (Å²) < 4.78 is 28.0. The number of hydrogen-bond donors (Lipinski definition) is 4. The number of amides is 2. The molecule has 1 unspecified atom stereocenters. The Balaban J connectivity index is 0.00000341. The predicted molar refractivity (Wildman–Crippen MR) is 125 cm³/mol. The van der Waals surface area contributed by atoms with E-state index < -0.39 is 16.1 Å². The number of fused-ring (bicyclic) bond motifs is 1. The first kappa shape index (κ1) is 24.5. The molecular weight excluding hydrogens is 438 g/mol. The number of nitrogens with zero attached hydrogens (tertiary/aromatic N) is 1. The fourth-order valence-corrected chi connectivity index (χ4v) is 4.33. The standard InChI is InChI=1S/C21H25N5O3S.ClH/c1-15(13-23-10-8-16-2-5-19(6-3-16)25-21(22)27)26-30(28,29)20-7-4-18-14-24-11-9-17(18)12-20;/h2-7,9,11-12,14-15,23,26H,8,10,13H2,1H3,(H3,22,25,27);1H. The van der Waals surface area contributed by atoms with Crippen molar-refractivity contribution in [1.29, 1.82) is 0 Å². The Kier molecular flexibility index (Phi) is 8.76. The number of pyridine rings is 1. The number of hydrogen-bond acceptors (Lipinski definition) is 5. The number of benzene rings is 2. The van der Waals surface area contributed by atoms with Gasteiger partial charge in [-0.1, -0.05) is 18.2 Å². The Morgan fingerprint density at radius 1 is 1.10 bits per heavy atom. The number of sulfonamides is 1. The first-order chi connectivity index (χ1) is 14.3. The lowest BCUT2D eigenvalue weighted by Crippen LogP contribution is -2.40. The smallest absolute Gasteiger partial charge is 0.316 e. The van der Waals surface area contributed by atoms with Gasteiger partial charge >= 0.3 is 6.03 Å². The normalized spacial score (nSPS) is 12.2. The number of nitrogens with one attached hydrogen (secondary N) is 3. The van der Waals surface area contributed by atoms with Gasteiger partial charge in [0.25, 0.3) is 0 Å². The number of primary amides is 1. The number of aromatic nitrogens is 1. The third-order valence-electron chi connectivity index (χ3n) is 4.54. The van der Waals surface area contributed by atoms with Crippen molar-refractivity contribution in [2.24, 2.45) is 5.73 Å². The van der Waals surface area contributed by atoms with Crippen LogP contribution in [0.3, 0.4) is 0 Å². The van der Waals surface area contributed by atoms with E-state index in [1.165, 1.54) is 0 Å². The highest BCUT2D eigenvalue weighted by atomic mass is 35.5. The first-order valence-corrected chi connectivity index (χ1v) is 11.0. The summed E-state index contributed by atoms with van der Waals surface area (Å²) in [6, 6.07) is 13.3. The quantitative estimate of drug-likeness (QED) is 0.363. The molecule has 0 spiro atoms. The minimum Gasteiger partial charge on any atom is -0.351 e. The summed E-state index contributed by atoms with van der Waals surface area (Å²) in [6.07, 6.45) is 4.11. The average Bonchev–Trinajstić information content (AvgIpc) is 2.71. The maximum absolute atomic E-state index is 12.7. The lowest BCUT2D eigenvalue weighted by atomic mass is 10.1. The number of carbonyl (C=O) groups is 1. The van der Waals surface area contributed by atoms with Crippen LogP contribution in [-0.2, 0) is 16.4 Å². The second kappa shape index (κ2) is 11.1. The van der Waals surface area contributed by atoms with Gasteiger partial charge in [-0.05, 0) is 61.2 Å². The highest BCUT2D eigenvalue weighted by Crippen LogP contribution is 2.18. The third-order valence-corrected chi connectivity index (χ3v) is 6.13. The molecule has 0 bridgehead atoms. The molecule has 0 saturated heterocycles. The van der Waals surface area contributed by atoms with Crippen molar-refractivity contribution in [3.8, 4) is 0 Å². The van der Waals surface area contributed by atoms with Crippen LogP contribution in [0.25, 0.3) is 10.8 Å². The molecule has 2 aromatic carbocycles. The van der Waals surface area contributed by atoms with E-state index in [2.05, 4.69) is 20.3 Å². The minimum absolute atomic E-state index is 0. The van der Waals surface area contributed by atoms with Crippen molar-refractivity contribution < 1.29 is 13.2 Å². The summed E-state index contributed by atoms with van der Waals surface area (Å²) in [5.41, 5.74) is 6.82. The largest absolute Gasteiger partial charge is 0.351 e. The van der Waals surface area contributed by atoms with Crippen LogP contribution in [0.15, 0.2) is 65.8 Å². The van der Waals surface area contributed by atoms with E-state index in [1.54, 1.807) is 48.8 Å². The van der Waals surface area contributed by atoms with Crippen LogP contribution in [0.2, 0.25) is 0 Å². The summed E-state index contributed by atoms with van der Waals surface area (Å²) in [5, 5.41) is 7.50. The topological polar surface area (TPSA) is 126 Å². The van der Waals surface area contributed by atoms with Crippen molar-refractivity contribution in [2.45, 2.75) is 24.3 Å². The van der Waals surface area contributed by atoms with E-state index in [-0.39, 0.29) is 23.3 Å². The Morgan fingerprint density at radius 3 is 2.55 bits per heavy atom. The van der Waals surface area contributed by atoms with Gasteiger partial charge in [0.05, 0.1) is 4.90 Å². The third kappa shape index (κ3) is 7.18. The molecule has 0 aliphatic rings.